The fourth-order valence-electron chi connectivity index (χ4n) is 2.50. The summed E-state index contributed by atoms with van der Waals surface area (Å²) < 4.78 is 5.34. The first kappa shape index (κ1) is 14.5. The molecule has 1 aliphatic rings. The minimum atomic E-state index is -0.406. The van der Waals surface area contributed by atoms with Crippen molar-refractivity contribution in [1.29, 1.82) is 0 Å². The third kappa shape index (κ3) is 3.78. The van der Waals surface area contributed by atoms with Crippen LogP contribution < -0.4 is 0 Å². The Kier molecular flexibility index (Phi) is 4.97. The van der Waals surface area contributed by atoms with E-state index in [0.717, 1.165) is 31.9 Å². The summed E-state index contributed by atoms with van der Waals surface area (Å²) >= 11 is 0. The van der Waals surface area contributed by atoms with E-state index in [-0.39, 0.29) is 0 Å². The Bertz CT molecular complexity index is 411. The van der Waals surface area contributed by atoms with Gasteiger partial charge in [0.25, 0.3) is 0 Å². The van der Waals surface area contributed by atoms with Crippen LogP contribution in [0.5, 0.6) is 0 Å². The van der Waals surface area contributed by atoms with Gasteiger partial charge in [-0.25, -0.2) is 0 Å². The zero-order valence-corrected chi connectivity index (χ0v) is 12.2. The number of rotatable bonds is 4. The van der Waals surface area contributed by atoms with Crippen LogP contribution in [0.1, 0.15) is 42.6 Å². The molecule has 1 aromatic carbocycles. The van der Waals surface area contributed by atoms with Gasteiger partial charge in [-0.15, -0.1) is 0 Å². The predicted molar refractivity (Wildman–Crippen MR) is 77.5 cm³/mol. The van der Waals surface area contributed by atoms with Gasteiger partial charge in [0.2, 0.25) is 0 Å². The van der Waals surface area contributed by atoms with Crippen LogP contribution in [0.3, 0.4) is 0 Å². The molecule has 1 atom stereocenters. The lowest BCUT2D eigenvalue weighted by Gasteiger charge is -2.29. The Morgan fingerprint density at radius 1 is 1.26 bits per heavy atom. The van der Waals surface area contributed by atoms with E-state index in [4.69, 9.17) is 4.74 Å². The minimum Gasteiger partial charge on any atom is -0.387 e. The SMILES string of the molecule is Cc1ccc(C(C)C)cc1[C@@H](O)CN1CCOCC1. The summed E-state index contributed by atoms with van der Waals surface area (Å²) in [4.78, 5) is 2.27. The molecule has 0 aromatic heterocycles. The topological polar surface area (TPSA) is 32.7 Å². The number of nitrogens with zero attached hydrogens (tertiary/aromatic N) is 1. The molecule has 19 heavy (non-hydrogen) atoms. The first-order valence-electron chi connectivity index (χ1n) is 7.16. The summed E-state index contributed by atoms with van der Waals surface area (Å²) in [5.41, 5.74) is 3.53. The van der Waals surface area contributed by atoms with Crippen LogP contribution in [0.2, 0.25) is 0 Å². The highest BCUT2D eigenvalue weighted by atomic mass is 16.5. The number of aliphatic hydroxyl groups excluding tert-OH is 1. The minimum absolute atomic E-state index is 0.406. The van der Waals surface area contributed by atoms with Crippen molar-refractivity contribution in [3.63, 3.8) is 0 Å². The normalized spacial score (nSPS) is 18.8. The van der Waals surface area contributed by atoms with Crippen LogP contribution in [-0.2, 0) is 4.74 Å². The van der Waals surface area contributed by atoms with Crippen molar-refractivity contribution in [3.05, 3.63) is 34.9 Å². The quantitative estimate of drug-likeness (QED) is 0.906. The van der Waals surface area contributed by atoms with Crippen molar-refractivity contribution in [2.24, 2.45) is 0 Å². The molecule has 0 amide bonds. The summed E-state index contributed by atoms with van der Waals surface area (Å²) in [6.45, 7) is 10.5. The van der Waals surface area contributed by atoms with Crippen LogP contribution in [-0.4, -0.2) is 42.9 Å². The molecule has 3 nitrogen and oxygen atoms in total. The number of aliphatic hydroxyl groups is 1. The third-order valence-electron chi connectivity index (χ3n) is 3.86. The molecule has 1 saturated heterocycles. The smallest absolute Gasteiger partial charge is 0.0919 e. The van der Waals surface area contributed by atoms with Gasteiger partial charge in [0.1, 0.15) is 0 Å². The fraction of sp³-hybridized carbons (Fsp3) is 0.625. The van der Waals surface area contributed by atoms with Crippen molar-refractivity contribution < 1.29 is 9.84 Å². The van der Waals surface area contributed by atoms with Crippen LogP contribution in [0.15, 0.2) is 18.2 Å². The average Bonchev–Trinajstić information content (AvgIpc) is 2.40. The number of hydrogen-bond acceptors (Lipinski definition) is 3. The average molecular weight is 263 g/mol. The molecule has 1 fully saturated rings. The molecule has 0 aliphatic carbocycles. The monoisotopic (exact) mass is 263 g/mol. The zero-order valence-electron chi connectivity index (χ0n) is 12.2. The van der Waals surface area contributed by atoms with Gasteiger partial charge in [0, 0.05) is 19.6 Å². The Morgan fingerprint density at radius 2 is 1.95 bits per heavy atom. The highest BCUT2D eigenvalue weighted by Gasteiger charge is 2.18. The van der Waals surface area contributed by atoms with E-state index in [1.807, 2.05) is 0 Å². The molecular formula is C16H25NO2. The van der Waals surface area contributed by atoms with Gasteiger partial charge in [-0.1, -0.05) is 32.0 Å². The first-order valence-corrected chi connectivity index (χ1v) is 7.16. The Hall–Kier alpha value is -0.900. The Morgan fingerprint density at radius 3 is 2.58 bits per heavy atom. The van der Waals surface area contributed by atoms with Crippen molar-refractivity contribution in [2.75, 3.05) is 32.8 Å². The van der Waals surface area contributed by atoms with E-state index < -0.39 is 6.10 Å². The molecule has 2 rings (SSSR count). The molecule has 106 valence electrons. The number of hydrogen-bond donors (Lipinski definition) is 1. The number of morpholine rings is 1. The molecule has 0 saturated carbocycles. The van der Waals surface area contributed by atoms with Gasteiger partial charge in [-0.2, -0.15) is 0 Å². The maximum absolute atomic E-state index is 10.5. The molecule has 0 radical (unpaired) electrons. The summed E-state index contributed by atoms with van der Waals surface area (Å²) in [7, 11) is 0. The van der Waals surface area contributed by atoms with E-state index >= 15 is 0 Å². The van der Waals surface area contributed by atoms with E-state index in [9.17, 15) is 5.11 Å². The second kappa shape index (κ2) is 6.51. The number of β-amino-alcohol motifs (C(OH)–C–C–N with tert-alkyl or cyclic N) is 1. The standard InChI is InChI=1S/C16H25NO2/c1-12(2)14-5-4-13(3)15(10-14)16(18)11-17-6-8-19-9-7-17/h4-5,10,12,16,18H,6-9,11H2,1-3H3/t16-/m0/s1. The van der Waals surface area contributed by atoms with Gasteiger partial charge in [0.15, 0.2) is 0 Å². The van der Waals surface area contributed by atoms with Crippen molar-refractivity contribution in [2.45, 2.75) is 32.8 Å². The van der Waals surface area contributed by atoms with E-state index in [2.05, 4.69) is 43.9 Å². The summed E-state index contributed by atoms with van der Waals surface area (Å²) in [6, 6.07) is 6.43. The molecule has 1 N–H and O–H groups in total. The highest BCUT2D eigenvalue weighted by molar-refractivity contribution is 5.34. The summed E-state index contributed by atoms with van der Waals surface area (Å²) in [5.74, 6) is 0.495. The molecule has 1 aliphatic heterocycles. The zero-order chi connectivity index (χ0) is 13.8. The number of ether oxygens (including phenoxy) is 1. The van der Waals surface area contributed by atoms with Crippen LogP contribution in [0.25, 0.3) is 0 Å². The Labute approximate surface area is 116 Å². The first-order chi connectivity index (χ1) is 9.08. The third-order valence-corrected chi connectivity index (χ3v) is 3.86. The van der Waals surface area contributed by atoms with Crippen LogP contribution in [0.4, 0.5) is 0 Å². The van der Waals surface area contributed by atoms with Crippen molar-refractivity contribution in [1.82, 2.24) is 4.90 Å². The van der Waals surface area contributed by atoms with Gasteiger partial charge < -0.3 is 9.84 Å². The Balaban J connectivity index is 2.08. The van der Waals surface area contributed by atoms with Gasteiger partial charge in [-0.05, 0) is 29.5 Å². The van der Waals surface area contributed by atoms with Gasteiger partial charge in [-0.3, -0.25) is 4.90 Å². The number of benzene rings is 1. The molecule has 1 aromatic rings. The second-order valence-electron chi connectivity index (χ2n) is 5.70. The molecule has 0 unspecified atom stereocenters. The molecule has 1 heterocycles. The maximum Gasteiger partial charge on any atom is 0.0919 e. The van der Waals surface area contributed by atoms with Gasteiger partial charge >= 0.3 is 0 Å². The van der Waals surface area contributed by atoms with E-state index in [1.165, 1.54) is 11.1 Å². The van der Waals surface area contributed by atoms with Crippen LogP contribution in [0, 0.1) is 6.92 Å². The van der Waals surface area contributed by atoms with E-state index in [0.29, 0.717) is 12.5 Å². The molecule has 0 spiro atoms. The largest absolute Gasteiger partial charge is 0.387 e. The van der Waals surface area contributed by atoms with Crippen molar-refractivity contribution in [3.8, 4) is 0 Å². The molecule has 3 heteroatoms. The summed E-state index contributed by atoms with van der Waals surface area (Å²) in [5, 5.41) is 10.5. The lowest BCUT2D eigenvalue weighted by atomic mass is 9.95. The highest BCUT2D eigenvalue weighted by Crippen LogP contribution is 2.24. The van der Waals surface area contributed by atoms with Crippen LogP contribution >= 0.6 is 0 Å². The second-order valence-corrected chi connectivity index (χ2v) is 5.70. The fourth-order valence-corrected chi connectivity index (χ4v) is 2.50. The predicted octanol–water partition coefficient (Wildman–Crippen LogP) is 2.48. The van der Waals surface area contributed by atoms with Gasteiger partial charge in [0.05, 0.1) is 19.3 Å². The van der Waals surface area contributed by atoms with E-state index in [1.54, 1.807) is 0 Å². The summed E-state index contributed by atoms with van der Waals surface area (Å²) in [6.07, 6.45) is -0.406. The van der Waals surface area contributed by atoms with Crippen molar-refractivity contribution >= 4 is 0 Å². The molecule has 0 bridgehead atoms. The lowest BCUT2D eigenvalue weighted by Crippen LogP contribution is -2.38. The maximum atomic E-state index is 10.5. The number of aryl methyl sites for hydroxylation is 1. The lowest BCUT2D eigenvalue weighted by molar-refractivity contribution is 0.0142. The molecular weight excluding hydrogens is 238 g/mol.